The van der Waals surface area contributed by atoms with Crippen LogP contribution in [0.25, 0.3) is 5.69 Å². The summed E-state index contributed by atoms with van der Waals surface area (Å²) >= 11 is 0. The molecule has 0 aliphatic carbocycles. The van der Waals surface area contributed by atoms with E-state index in [1.54, 1.807) is 42.2 Å². The highest BCUT2D eigenvalue weighted by Gasteiger charge is 2.14. The molecule has 0 aliphatic rings. The van der Waals surface area contributed by atoms with Gasteiger partial charge in [-0.15, -0.1) is 0 Å². The molecule has 21 heavy (non-hydrogen) atoms. The van der Waals surface area contributed by atoms with Crippen LogP contribution < -0.4 is 5.32 Å². The molecular formula is C15H17N3O3. The van der Waals surface area contributed by atoms with Gasteiger partial charge in [-0.2, -0.15) is 5.10 Å². The van der Waals surface area contributed by atoms with Gasteiger partial charge < -0.3 is 10.4 Å². The summed E-state index contributed by atoms with van der Waals surface area (Å²) in [7, 11) is 0. The molecule has 0 fully saturated rings. The van der Waals surface area contributed by atoms with E-state index in [0.29, 0.717) is 17.8 Å². The van der Waals surface area contributed by atoms with E-state index in [-0.39, 0.29) is 18.2 Å². The van der Waals surface area contributed by atoms with Gasteiger partial charge in [-0.1, -0.05) is 19.1 Å². The topological polar surface area (TPSA) is 84.2 Å². The second-order valence-corrected chi connectivity index (χ2v) is 4.88. The Morgan fingerprint density at radius 1 is 1.33 bits per heavy atom. The number of rotatable bonds is 6. The van der Waals surface area contributed by atoms with Gasteiger partial charge in [0.2, 0.25) is 0 Å². The Morgan fingerprint density at radius 3 is 2.76 bits per heavy atom. The standard InChI is InChI=1S/C15H17N3O3/c1-11(9-14(19)20)10-16-15(21)12-5-2-3-6-13(12)18-8-4-7-17-18/h2-8,11H,9-10H2,1H3,(H,16,21)(H,19,20). The van der Waals surface area contributed by atoms with Gasteiger partial charge in [0.25, 0.3) is 5.91 Å². The molecule has 0 radical (unpaired) electrons. The summed E-state index contributed by atoms with van der Waals surface area (Å²) in [6.45, 7) is 2.10. The smallest absolute Gasteiger partial charge is 0.303 e. The zero-order chi connectivity index (χ0) is 15.2. The number of carbonyl (C=O) groups is 2. The Balaban J connectivity index is 2.08. The summed E-state index contributed by atoms with van der Waals surface area (Å²) in [5.41, 5.74) is 1.19. The number of carboxylic acid groups (broad SMARTS) is 1. The van der Waals surface area contributed by atoms with Crippen LogP contribution in [0.3, 0.4) is 0 Å². The number of hydrogen-bond donors (Lipinski definition) is 2. The highest BCUT2D eigenvalue weighted by atomic mass is 16.4. The molecule has 0 saturated heterocycles. The van der Waals surface area contributed by atoms with Crippen LogP contribution in [0.1, 0.15) is 23.7 Å². The lowest BCUT2D eigenvalue weighted by Gasteiger charge is -2.12. The lowest BCUT2D eigenvalue weighted by molar-refractivity contribution is -0.137. The first-order chi connectivity index (χ1) is 10.1. The van der Waals surface area contributed by atoms with Crippen molar-refractivity contribution in [2.24, 2.45) is 5.92 Å². The Morgan fingerprint density at radius 2 is 2.10 bits per heavy atom. The number of aliphatic carboxylic acids is 1. The predicted molar refractivity (Wildman–Crippen MR) is 77.3 cm³/mol. The Bertz CT molecular complexity index is 623. The minimum absolute atomic E-state index is 0.0289. The van der Waals surface area contributed by atoms with E-state index in [4.69, 9.17) is 5.11 Å². The third kappa shape index (κ3) is 3.92. The molecule has 1 aromatic heterocycles. The molecule has 1 atom stereocenters. The van der Waals surface area contributed by atoms with Crippen LogP contribution >= 0.6 is 0 Å². The molecule has 1 heterocycles. The molecule has 110 valence electrons. The van der Waals surface area contributed by atoms with E-state index < -0.39 is 5.97 Å². The third-order valence-electron chi connectivity index (χ3n) is 3.03. The SMILES string of the molecule is CC(CNC(=O)c1ccccc1-n1cccn1)CC(=O)O. The van der Waals surface area contributed by atoms with Crippen molar-refractivity contribution in [1.82, 2.24) is 15.1 Å². The fraction of sp³-hybridized carbons (Fsp3) is 0.267. The van der Waals surface area contributed by atoms with Crippen LogP contribution in [0.4, 0.5) is 0 Å². The number of hydrogen-bond acceptors (Lipinski definition) is 3. The number of aromatic nitrogens is 2. The second kappa shape index (κ2) is 6.69. The van der Waals surface area contributed by atoms with Crippen LogP contribution in [0.15, 0.2) is 42.7 Å². The van der Waals surface area contributed by atoms with Gasteiger partial charge in [0, 0.05) is 25.4 Å². The molecule has 6 nitrogen and oxygen atoms in total. The fourth-order valence-electron chi connectivity index (χ4n) is 2.01. The van der Waals surface area contributed by atoms with E-state index in [2.05, 4.69) is 10.4 Å². The van der Waals surface area contributed by atoms with Crippen LogP contribution in [0.5, 0.6) is 0 Å². The summed E-state index contributed by atoms with van der Waals surface area (Å²) < 4.78 is 1.62. The van der Waals surface area contributed by atoms with Crippen molar-refractivity contribution in [2.75, 3.05) is 6.54 Å². The number of nitrogens with one attached hydrogen (secondary N) is 1. The molecule has 1 amide bonds. The van der Waals surface area contributed by atoms with Crippen molar-refractivity contribution in [1.29, 1.82) is 0 Å². The third-order valence-corrected chi connectivity index (χ3v) is 3.03. The fourth-order valence-corrected chi connectivity index (χ4v) is 2.01. The van der Waals surface area contributed by atoms with Crippen molar-refractivity contribution in [3.8, 4) is 5.69 Å². The number of benzene rings is 1. The first kappa shape index (κ1) is 14.8. The lowest BCUT2D eigenvalue weighted by atomic mass is 10.1. The summed E-state index contributed by atoms with van der Waals surface area (Å²) in [4.78, 5) is 22.9. The summed E-state index contributed by atoms with van der Waals surface area (Å²) in [6.07, 6.45) is 3.43. The summed E-state index contributed by atoms with van der Waals surface area (Å²) in [5, 5.41) is 15.6. The van der Waals surface area contributed by atoms with Crippen molar-refractivity contribution < 1.29 is 14.7 Å². The Kier molecular flexibility index (Phi) is 4.71. The highest BCUT2D eigenvalue weighted by molar-refractivity contribution is 5.97. The van der Waals surface area contributed by atoms with Crippen LogP contribution in [0, 0.1) is 5.92 Å². The maximum absolute atomic E-state index is 12.3. The van der Waals surface area contributed by atoms with Gasteiger partial charge in [0.1, 0.15) is 0 Å². The molecule has 0 spiro atoms. The monoisotopic (exact) mass is 287 g/mol. The molecular weight excluding hydrogens is 270 g/mol. The molecule has 2 aromatic rings. The molecule has 6 heteroatoms. The van der Waals surface area contributed by atoms with Gasteiger partial charge in [0.05, 0.1) is 11.3 Å². The number of para-hydroxylation sites is 1. The average molecular weight is 287 g/mol. The number of nitrogens with zero attached hydrogens (tertiary/aromatic N) is 2. The summed E-state index contributed by atoms with van der Waals surface area (Å²) in [5.74, 6) is -1.23. The Hall–Kier alpha value is -2.63. The lowest BCUT2D eigenvalue weighted by Crippen LogP contribution is -2.30. The molecule has 2 rings (SSSR count). The van der Waals surface area contributed by atoms with Gasteiger partial charge in [0.15, 0.2) is 0 Å². The molecule has 0 aliphatic heterocycles. The normalized spacial score (nSPS) is 11.9. The second-order valence-electron chi connectivity index (χ2n) is 4.88. The quantitative estimate of drug-likeness (QED) is 0.847. The van der Waals surface area contributed by atoms with E-state index in [1.165, 1.54) is 0 Å². The number of amides is 1. The van der Waals surface area contributed by atoms with Gasteiger partial charge >= 0.3 is 5.97 Å². The van der Waals surface area contributed by atoms with Crippen LogP contribution in [-0.2, 0) is 4.79 Å². The highest BCUT2D eigenvalue weighted by Crippen LogP contribution is 2.13. The number of carboxylic acids is 1. The van der Waals surface area contributed by atoms with Crippen molar-refractivity contribution >= 4 is 11.9 Å². The first-order valence-corrected chi connectivity index (χ1v) is 6.67. The molecule has 0 saturated carbocycles. The zero-order valence-corrected chi connectivity index (χ0v) is 11.7. The van der Waals surface area contributed by atoms with E-state index in [0.717, 1.165) is 0 Å². The van der Waals surface area contributed by atoms with Crippen molar-refractivity contribution in [2.45, 2.75) is 13.3 Å². The van der Waals surface area contributed by atoms with E-state index in [1.807, 2.05) is 12.1 Å². The maximum Gasteiger partial charge on any atom is 0.303 e. The Labute approximate surface area is 122 Å². The van der Waals surface area contributed by atoms with Gasteiger partial charge in [-0.3, -0.25) is 9.59 Å². The minimum Gasteiger partial charge on any atom is -0.481 e. The molecule has 0 bridgehead atoms. The van der Waals surface area contributed by atoms with E-state index in [9.17, 15) is 9.59 Å². The summed E-state index contributed by atoms with van der Waals surface area (Å²) in [6, 6.07) is 8.92. The first-order valence-electron chi connectivity index (χ1n) is 6.67. The van der Waals surface area contributed by atoms with Crippen molar-refractivity contribution in [3.05, 3.63) is 48.3 Å². The molecule has 2 N–H and O–H groups in total. The van der Waals surface area contributed by atoms with Gasteiger partial charge in [-0.25, -0.2) is 4.68 Å². The van der Waals surface area contributed by atoms with Gasteiger partial charge in [-0.05, 0) is 24.1 Å². The number of carbonyl (C=O) groups excluding carboxylic acids is 1. The average Bonchev–Trinajstić information content (AvgIpc) is 2.98. The van der Waals surface area contributed by atoms with Crippen LogP contribution in [0.2, 0.25) is 0 Å². The molecule has 1 aromatic carbocycles. The largest absolute Gasteiger partial charge is 0.481 e. The maximum atomic E-state index is 12.3. The molecule has 1 unspecified atom stereocenters. The zero-order valence-electron chi connectivity index (χ0n) is 11.7. The predicted octanol–water partition coefficient (Wildman–Crippen LogP) is 1.71. The van der Waals surface area contributed by atoms with Crippen molar-refractivity contribution in [3.63, 3.8) is 0 Å². The van der Waals surface area contributed by atoms with E-state index >= 15 is 0 Å². The van der Waals surface area contributed by atoms with Crippen LogP contribution in [-0.4, -0.2) is 33.3 Å². The minimum atomic E-state index is -0.867.